The van der Waals surface area contributed by atoms with E-state index in [0.29, 0.717) is 9.88 Å². The molecule has 0 saturated carbocycles. The predicted octanol–water partition coefficient (Wildman–Crippen LogP) is 3.79. The van der Waals surface area contributed by atoms with Crippen LogP contribution in [0.25, 0.3) is 0 Å². The minimum atomic E-state index is -0.699. The molecule has 0 aliphatic carbocycles. The lowest BCUT2D eigenvalue weighted by molar-refractivity contribution is -0.383. The van der Waals surface area contributed by atoms with E-state index in [1.165, 1.54) is 23.0 Å². The van der Waals surface area contributed by atoms with Gasteiger partial charge in [0.05, 0.1) is 11.0 Å². The Morgan fingerprint density at radius 2 is 2.19 bits per heavy atom. The van der Waals surface area contributed by atoms with E-state index in [9.17, 15) is 15.2 Å². The van der Waals surface area contributed by atoms with Gasteiger partial charge in [-0.3, -0.25) is 10.1 Å². The van der Waals surface area contributed by atoms with Crippen LogP contribution in [0.3, 0.4) is 0 Å². The number of hydrogen-bond acceptors (Lipinski definition) is 5. The second-order valence-corrected chi connectivity index (χ2v) is 6.39. The first-order chi connectivity index (χ1) is 9.99. The number of hydrogen-bond donors (Lipinski definition) is 1. The normalized spacial score (nSPS) is 18.6. The van der Waals surface area contributed by atoms with Crippen LogP contribution in [0.1, 0.15) is 30.4 Å². The number of fused-ring (bicyclic) bond motifs is 1. The SMILES string of the molecule is CC(O)c1cc([N+](=O)[O-])c(N2c3ccccc3CC2C)s1. The van der Waals surface area contributed by atoms with Gasteiger partial charge in [-0.15, -0.1) is 11.3 Å². The molecular formula is C15H16N2O3S. The topological polar surface area (TPSA) is 66.6 Å². The molecule has 2 atom stereocenters. The average Bonchev–Trinajstić information content (AvgIpc) is 2.98. The molecule has 1 aliphatic rings. The number of aliphatic hydroxyl groups excluding tert-OH is 1. The smallest absolute Gasteiger partial charge is 0.304 e. The first kappa shape index (κ1) is 14.0. The number of rotatable bonds is 3. The lowest BCUT2D eigenvalue weighted by Gasteiger charge is -2.22. The van der Waals surface area contributed by atoms with Crippen LogP contribution in [0.15, 0.2) is 30.3 Å². The van der Waals surface area contributed by atoms with Crippen molar-refractivity contribution in [1.82, 2.24) is 0 Å². The van der Waals surface area contributed by atoms with Crippen molar-refractivity contribution in [2.24, 2.45) is 0 Å². The first-order valence-electron chi connectivity index (χ1n) is 6.82. The van der Waals surface area contributed by atoms with Crippen LogP contribution in [-0.2, 0) is 6.42 Å². The highest BCUT2D eigenvalue weighted by atomic mass is 32.1. The Labute approximate surface area is 126 Å². The summed E-state index contributed by atoms with van der Waals surface area (Å²) in [6.45, 7) is 3.69. The summed E-state index contributed by atoms with van der Waals surface area (Å²) in [5.74, 6) is 0. The summed E-state index contributed by atoms with van der Waals surface area (Å²) in [5, 5.41) is 21.7. The van der Waals surface area contributed by atoms with Gasteiger partial charge in [-0.25, -0.2) is 0 Å². The number of anilines is 2. The van der Waals surface area contributed by atoms with Gasteiger partial charge in [0.25, 0.3) is 0 Å². The van der Waals surface area contributed by atoms with Gasteiger partial charge < -0.3 is 10.0 Å². The highest BCUT2D eigenvalue weighted by molar-refractivity contribution is 7.16. The summed E-state index contributed by atoms with van der Waals surface area (Å²) in [6.07, 6.45) is 0.172. The van der Waals surface area contributed by atoms with Crippen molar-refractivity contribution in [3.8, 4) is 0 Å². The van der Waals surface area contributed by atoms with E-state index < -0.39 is 6.10 Å². The molecule has 110 valence electrons. The fourth-order valence-corrected chi connectivity index (χ4v) is 3.95. The maximum absolute atomic E-state index is 11.3. The van der Waals surface area contributed by atoms with E-state index >= 15 is 0 Å². The monoisotopic (exact) mass is 304 g/mol. The molecule has 1 aliphatic heterocycles. The van der Waals surface area contributed by atoms with E-state index in [4.69, 9.17) is 0 Å². The molecule has 2 aromatic rings. The molecule has 21 heavy (non-hydrogen) atoms. The highest BCUT2D eigenvalue weighted by Crippen LogP contribution is 2.47. The Balaban J connectivity index is 2.14. The highest BCUT2D eigenvalue weighted by Gasteiger charge is 2.34. The summed E-state index contributed by atoms with van der Waals surface area (Å²) in [7, 11) is 0. The molecule has 1 aromatic carbocycles. The lowest BCUT2D eigenvalue weighted by Crippen LogP contribution is -2.23. The van der Waals surface area contributed by atoms with Gasteiger partial charge in [-0.2, -0.15) is 0 Å². The van der Waals surface area contributed by atoms with Crippen LogP contribution >= 0.6 is 11.3 Å². The Kier molecular flexibility index (Phi) is 3.43. The Morgan fingerprint density at radius 3 is 2.86 bits per heavy atom. The van der Waals surface area contributed by atoms with E-state index in [0.717, 1.165) is 12.1 Å². The maximum atomic E-state index is 11.3. The van der Waals surface area contributed by atoms with Crippen LogP contribution in [0.2, 0.25) is 0 Å². The molecule has 0 fully saturated rings. The summed E-state index contributed by atoms with van der Waals surface area (Å²) in [5.41, 5.74) is 2.29. The largest absolute Gasteiger partial charge is 0.388 e. The predicted molar refractivity (Wildman–Crippen MR) is 83.4 cm³/mol. The van der Waals surface area contributed by atoms with Crippen LogP contribution in [0, 0.1) is 10.1 Å². The van der Waals surface area contributed by atoms with Crippen LogP contribution in [0.4, 0.5) is 16.4 Å². The van der Waals surface area contributed by atoms with Crippen molar-refractivity contribution in [1.29, 1.82) is 0 Å². The van der Waals surface area contributed by atoms with E-state index in [-0.39, 0.29) is 16.7 Å². The molecular weight excluding hydrogens is 288 g/mol. The Hall–Kier alpha value is -1.92. The molecule has 0 radical (unpaired) electrons. The molecule has 0 bridgehead atoms. The quantitative estimate of drug-likeness (QED) is 0.692. The van der Waals surface area contributed by atoms with Gasteiger partial charge in [-0.05, 0) is 31.9 Å². The Bertz CT molecular complexity index is 696. The molecule has 0 spiro atoms. The molecule has 6 heteroatoms. The summed E-state index contributed by atoms with van der Waals surface area (Å²) < 4.78 is 0. The fraction of sp³-hybridized carbons (Fsp3) is 0.333. The van der Waals surface area contributed by atoms with Crippen molar-refractivity contribution < 1.29 is 10.0 Å². The number of benzene rings is 1. The Morgan fingerprint density at radius 1 is 1.48 bits per heavy atom. The lowest BCUT2D eigenvalue weighted by atomic mass is 10.1. The number of nitro groups is 1. The summed E-state index contributed by atoms with van der Waals surface area (Å²) >= 11 is 1.29. The zero-order valence-corrected chi connectivity index (χ0v) is 12.6. The number of thiophene rings is 1. The number of para-hydroxylation sites is 1. The average molecular weight is 304 g/mol. The summed E-state index contributed by atoms with van der Waals surface area (Å²) in [6, 6.07) is 9.63. The first-order valence-corrected chi connectivity index (χ1v) is 7.64. The van der Waals surface area contributed by atoms with E-state index in [2.05, 4.69) is 13.0 Å². The van der Waals surface area contributed by atoms with Gasteiger partial charge in [0, 0.05) is 22.7 Å². The third-order valence-electron chi connectivity index (χ3n) is 3.75. The van der Waals surface area contributed by atoms with Crippen molar-refractivity contribution in [3.05, 3.63) is 50.9 Å². The molecule has 5 nitrogen and oxygen atoms in total. The second-order valence-electron chi connectivity index (χ2n) is 5.32. The standard InChI is InChI=1S/C15H16N2O3S/c1-9-7-11-5-3-4-6-12(11)16(9)15-13(17(19)20)8-14(21-15)10(2)18/h3-6,8-10,18H,7H2,1-2H3. The van der Waals surface area contributed by atoms with Crippen LogP contribution in [-0.4, -0.2) is 16.1 Å². The summed E-state index contributed by atoms with van der Waals surface area (Å²) in [4.78, 5) is 13.6. The van der Waals surface area contributed by atoms with Gasteiger partial charge in [0.15, 0.2) is 5.00 Å². The minimum Gasteiger partial charge on any atom is -0.388 e. The molecule has 0 amide bonds. The molecule has 2 unspecified atom stereocenters. The third-order valence-corrected chi connectivity index (χ3v) is 5.04. The molecule has 1 N–H and O–H groups in total. The molecule has 0 saturated heterocycles. The molecule has 2 heterocycles. The number of aliphatic hydroxyl groups is 1. The van der Waals surface area contributed by atoms with E-state index in [1.807, 2.05) is 23.1 Å². The van der Waals surface area contributed by atoms with E-state index in [1.54, 1.807) is 6.92 Å². The maximum Gasteiger partial charge on any atom is 0.304 e. The van der Waals surface area contributed by atoms with Crippen LogP contribution < -0.4 is 4.90 Å². The fourth-order valence-electron chi connectivity index (χ4n) is 2.77. The van der Waals surface area contributed by atoms with Crippen LogP contribution in [0.5, 0.6) is 0 Å². The zero-order chi connectivity index (χ0) is 15.1. The van der Waals surface area contributed by atoms with Crippen molar-refractivity contribution >= 4 is 27.7 Å². The van der Waals surface area contributed by atoms with Crippen molar-refractivity contribution in [3.63, 3.8) is 0 Å². The van der Waals surface area contributed by atoms with Gasteiger partial charge in [0.1, 0.15) is 0 Å². The van der Waals surface area contributed by atoms with Gasteiger partial charge in [-0.1, -0.05) is 18.2 Å². The van der Waals surface area contributed by atoms with Gasteiger partial charge in [0.2, 0.25) is 0 Å². The van der Waals surface area contributed by atoms with Gasteiger partial charge >= 0.3 is 5.69 Å². The van der Waals surface area contributed by atoms with Crippen molar-refractivity contribution in [2.75, 3.05) is 4.90 Å². The number of nitrogens with zero attached hydrogens (tertiary/aromatic N) is 2. The van der Waals surface area contributed by atoms with Crippen molar-refractivity contribution in [2.45, 2.75) is 32.4 Å². The minimum absolute atomic E-state index is 0.0689. The second kappa shape index (κ2) is 5.13. The molecule has 1 aromatic heterocycles. The third kappa shape index (κ3) is 2.30. The molecule has 3 rings (SSSR count). The zero-order valence-electron chi connectivity index (χ0n) is 11.8.